The van der Waals surface area contributed by atoms with Gasteiger partial charge in [-0.2, -0.15) is 5.26 Å². The molecule has 0 atom stereocenters. The Labute approximate surface area is 126 Å². The van der Waals surface area contributed by atoms with Crippen LogP contribution >= 0.6 is 15.9 Å². The zero-order valence-electron chi connectivity index (χ0n) is 10.8. The Morgan fingerprint density at radius 2 is 2.25 bits per heavy atom. The molecule has 0 saturated heterocycles. The van der Waals surface area contributed by atoms with Gasteiger partial charge < -0.3 is 10.6 Å². The van der Waals surface area contributed by atoms with Gasteiger partial charge >= 0.3 is 0 Å². The predicted octanol–water partition coefficient (Wildman–Crippen LogP) is 2.74. The van der Waals surface area contributed by atoms with Crippen LogP contribution in [0.4, 0.5) is 11.5 Å². The molecule has 0 unspecified atom stereocenters. The van der Waals surface area contributed by atoms with E-state index in [1.807, 2.05) is 29.3 Å². The number of rotatable bonds is 5. The van der Waals surface area contributed by atoms with Gasteiger partial charge in [0.2, 0.25) is 0 Å². The summed E-state index contributed by atoms with van der Waals surface area (Å²) >= 11 is 3.47. The van der Waals surface area contributed by atoms with Gasteiger partial charge in [0.05, 0.1) is 28.8 Å². The van der Waals surface area contributed by atoms with E-state index in [2.05, 4.69) is 32.0 Å². The van der Waals surface area contributed by atoms with Crippen molar-refractivity contribution in [2.75, 3.05) is 17.2 Å². The van der Waals surface area contributed by atoms with Crippen molar-refractivity contribution in [1.82, 2.24) is 9.97 Å². The van der Waals surface area contributed by atoms with E-state index in [4.69, 9.17) is 11.0 Å². The van der Waals surface area contributed by atoms with Crippen LogP contribution in [0, 0.1) is 11.3 Å². The second-order valence-corrected chi connectivity index (χ2v) is 5.12. The van der Waals surface area contributed by atoms with Gasteiger partial charge in [0, 0.05) is 25.5 Å². The molecule has 2 N–H and O–H groups in total. The molecule has 20 heavy (non-hydrogen) atoms. The van der Waals surface area contributed by atoms with Crippen molar-refractivity contribution in [1.29, 1.82) is 5.26 Å². The van der Waals surface area contributed by atoms with Gasteiger partial charge in [-0.15, -0.1) is 0 Å². The molecule has 0 aromatic carbocycles. The van der Waals surface area contributed by atoms with Gasteiger partial charge in [-0.3, -0.25) is 4.98 Å². The summed E-state index contributed by atoms with van der Waals surface area (Å²) in [5.41, 5.74) is 7.37. The molecular formula is C14H14BrN5. The number of nitrogens with zero attached hydrogens (tertiary/aromatic N) is 4. The van der Waals surface area contributed by atoms with Crippen LogP contribution in [-0.4, -0.2) is 16.5 Å². The molecule has 102 valence electrons. The lowest BCUT2D eigenvalue weighted by Crippen LogP contribution is -2.25. The molecule has 2 aromatic rings. The molecule has 6 heteroatoms. The number of pyridine rings is 2. The van der Waals surface area contributed by atoms with Crippen LogP contribution < -0.4 is 10.6 Å². The number of nitriles is 1. The molecule has 2 aromatic heterocycles. The first kappa shape index (κ1) is 14.3. The Kier molecular flexibility index (Phi) is 4.91. The number of anilines is 2. The van der Waals surface area contributed by atoms with Gasteiger partial charge in [-0.05, 0) is 33.6 Å². The molecule has 0 bridgehead atoms. The van der Waals surface area contributed by atoms with E-state index >= 15 is 0 Å². The number of hydrogen-bond acceptors (Lipinski definition) is 5. The zero-order valence-corrected chi connectivity index (χ0v) is 12.4. The quantitative estimate of drug-likeness (QED) is 0.911. The first-order valence-electron chi connectivity index (χ1n) is 6.12. The highest BCUT2D eigenvalue weighted by Gasteiger charge is 2.12. The lowest BCUT2D eigenvalue weighted by Gasteiger charge is -2.23. The number of hydrogen-bond donors (Lipinski definition) is 1. The molecular weight excluding hydrogens is 318 g/mol. The second kappa shape index (κ2) is 6.87. The van der Waals surface area contributed by atoms with Gasteiger partial charge in [0.1, 0.15) is 5.82 Å². The third kappa shape index (κ3) is 3.68. The highest BCUT2D eigenvalue weighted by molar-refractivity contribution is 9.10. The monoisotopic (exact) mass is 331 g/mol. The molecule has 0 fully saturated rings. The summed E-state index contributed by atoms with van der Waals surface area (Å²) in [4.78, 5) is 10.5. The smallest absolute Gasteiger partial charge is 0.143 e. The lowest BCUT2D eigenvalue weighted by atomic mass is 10.2. The highest BCUT2D eigenvalue weighted by Crippen LogP contribution is 2.26. The van der Waals surface area contributed by atoms with Crippen LogP contribution in [0.15, 0.2) is 41.3 Å². The average Bonchev–Trinajstić information content (AvgIpc) is 2.45. The Morgan fingerprint density at radius 1 is 1.40 bits per heavy atom. The first-order valence-corrected chi connectivity index (χ1v) is 6.92. The Bertz CT molecular complexity index is 609. The van der Waals surface area contributed by atoms with Crippen molar-refractivity contribution in [3.8, 4) is 6.07 Å². The third-order valence-electron chi connectivity index (χ3n) is 2.73. The Balaban J connectivity index is 2.25. The van der Waals surface area contributed by atoms with E-state index in [1.54, 1.807) is 12.4 Å². The highest BCUT2D eigenvalue weighted by atomic mass is 79.9. The predicted molar refractivity (Wildman–Crippen MR) is 81.9 cm³/mol. The van der Waals surface area contributed by atoms with Crippen LogP contribution in [0.25, 0.3) is 0 Å². The Hall–Kier alpha value is -2.13. The molecule has 2 heterocycles. The van der Waals surface area contributed by atoms with Crippen molar-refractivity contribution in [2.24, 2.45) is 0 Å². The largest absolute Gasteiger partial charge is 0.397 e. The van der Waals surface area contributed by atoms with Crippen LogP contribution in [0.5, 0.6) is 0 Å². The molecule has 0 aliphatic carbocycles. The van der Waals surface area contributed by atoms with E-state index in [0.717, 1.165) is 15.9 Å². The summed E-state index contributed by atoms with van der Waals surface area (Å²) in [6, 6.07) is 7.86. The third-order valence-corrected chi connectivity index (χ3v) is 3.32. The number of aromatic nitrogens is 2. The molecule has 5 nitrogen and oxygen atoms in total. The molecule has 0 radical (unpaired) electrons. The van der Waals surface area contributed by atoms with E-state index in [0.29, 0.717) is 25.2 Å². The maximum atomic E-state index is 8.80. The molecule has 2 rings (SSSR count). The van der Waals surface area contributed by atoms with E-state index in [-0.39, 0.29) is 0 Å². The minimum atomic E-state index is 0.429. The molecule has 0 aliphatic heterocycles. The summed E-state index contributed by atoms with van der Waals surface area (Å²) in [5.74, 6) is 0.776. The van der Waals surface area contributed by atoms with Crippen LogP contribution in [0.1, 0.15) is 12.0 Å². The lowest BCUT2D eigenvalue weighted by molar-refractivity contribution is 0.778. The number of nitrogen functional groups attached to an aromatic ring is 1. The van der Waals surface area contributed by atoms with E-state index < -0.39 is 0 Å². The maximum absolute atomic E-state index is 8.80. The first-order chi connectivity index (χ1) is 9.70. The van der Waals surface area contributed by atoms with Crippen molar-refractivity contribution in [3.05, 3.63) is 46.8 Å². The topological polar surface area (TPSA) is 78.8 Å². The fourth-order valence-electron chi connectivity index (χ4n) is 1.84. The minimum Gasteiger partial charge on any atom is -0.397 e. The second-order valence-electron chi connectivity index (χ2n) is 4.27. The summed E-state index contributed by atoms with van der Waals surface area (Å²) in [6.45, 7) is 1.24. The van der Waals surface area contributed by atoms with Gasteiger partial charge in [-0.1, -0.05) is 6.07 Å². The van der Waals surface area contributed by atoms with Crippen molar-refractivity contribution in [3.63, 3.8) is 0 Å². The van der Waals surface area contributed by atoms with Gasteiger partial charge in [0.15, 0.2) is 0 Å². The maximum Gasteiger partial charge on any atom is 0.143 e. The fourth-order valence-corrected chi connectivity index (χ4v) is 2.45. The van der Waals surface area contributed by atoms with Crippen molar-refractivity contribution >= 4 is 27.4 Å². The molecule has 0 spiro atoms. The number of nitrogens with two attached hydrogens (primary N) is 1. The summed E-state index contributed by atoms with van der Waals surface area (Å²) in [6.07, 6.45) is 5.59. The van der Waals surface area contributed by atoms with E-state index in [9.17, 15) is 0 Å². The summed E-state index contributed by atoms with van der Waals surface area (Å²) in [5, 5.41) is 8.80. The van der Waals surface area contributed by atoms with Gasteiger partial charge in [0.25, 0.3) is 0 Å². The minimum absolute atomic E-state index is 0.429. The Morgan fingerprint density at radius 3 is 2.90 bits per heavy atom. The fraction of sp³-hybridized carbons (Fsp3) is 0.214. The summed E-state index contributed by atoms with van der Waals surface area (Å²) in [7, 11) is 0. The number of halogens is 1. The molecule has 0 saturated carbocycles. The van der Waals surface area contributed by atoms with Crippen LogP contribution in [0.3, 0.4) is 0 Å². The SMILES string of the molecule is N#CCCN(Cc1cccnc1)c1ncc(N)cc1Br. The van der Waals surface area contributed by atoms with Crippen LogP contribution in [0.2, 0.25) is 0 Å². The zero-order chi connectivity index (χ0) is 14.4. The van der Waals surface area contributed by atoms with Crippen molar-refractivity contribution in [2.45, 2.75) is 13.0 Å². The van der Waals surface area contributed by atoms with Gasteiger partial charge in [-0.25, -0.2) is 4.98 Å². The molecule has 0 aliphatic rings. The van der Waals surface area contributed by atoms with Crippen LogP contribution in [-0.2, 0) is 6.54 Å². The summed E-state index contributed by atoms with van der Waals surface area (Å²) < 4.78 is 0.819. The molecule has 0 amide bonds. The normalized spacial score (nSPS) is 10.0. The standard InChI is InChI=1S/C14H14BrN5/c15-13-7-12(17)9-19-14(13)20(6-2-4-16)10-11-3-1-5-18-8-11/h1,3,5,7-9H,2,6,10,17H2. The van der Waals surface area contributed by atoms with E-state index in [1.165, 1.54) is 0 Å². The van der Waals surface area contributed by atoms with Crippen molar-refractivity contribution < 1.29 is 0 Å². The average molecular weight is 332 g/mol.